The molecule has 0 spiro atoms. The number of likely N-dealkylation sites (tertiary alicyclic amines) is 1. The summed E-state index contributed by atoms with van der Waals surface area (Å²) in [7, 11) is 0. The zero-order valence-corrected chi connectivity index (χ0v) is 12.6. The van der Waals surface area contributed by atoms with Crippen molar-refractivity contribution in [2.45, 2.75) is 32.2 Å². The Morgan fingerprint density at radius 2 is 2.00 bits per heavy atom. The Bertz CT molecular complexity index is 433. The zero-order chi connectivity index (χ0) is 14.4. The molecule has 0 aromatic heterocycles. The first-order valence-electron chi connectivity index (χ1n) is 7.69. The van der Waals surface area contributed by atoms with Crippen molar-refractivity contribution in [3.05, 3.63) is 35.9 Å². The van der Waals surface area contributed by atoms with Crippen LogP contribution in [0.1, 0.15) is 31.7 Å². The third-order valence-corrected chi connectivity index (χ3v) is 4.37. The normalized spacial score (nSPS) is 21.0. The van der Waals surface area contributed by atoms with E-state index in [9.17, 15) is 5.26 Å². The molecule has 1 aliphatic rings. The van der Waals surface area contributed by atoms with Gasteiger partial charge in [0.1, 0.15) is 0 Å². The summed E-state index contributed by atoms with van der Waals surface area (Å²) in [5.41, 5.74) is 1.14. The quantitative estimate of drug-likeness (QED) is 0.797. The van der Waals surface area contributed by atoms with Gasteiger partial charge in [-0.05, 0) is 31.6 Å². The smallest absolute Gasteiger partial charge is 0.0839 e. The lowest BCUT2D eigenvalue weighted by atomic mass is 10.0. The Morgan fingerprint density at radius 1 is 1.30 bits per heavy atom. The van der Waals surface area contributed by atoms with Crippen LogP contribution in [0.3, 0.4) is 0 Å². The largest absolute Gasteiger partial charge is 0.300 e. The van der Waals surface area contributed by atoms with Gasteiger partial charge in [-0.1, -0.05) is 44.2 Å². The highest BCUT2D eigenvalue weighted by Crippen LogP contribution is 2.21. The summed E-state index contributed by atoms with van der Waals surface area (Å²) in [5, 5.41) is 9.42. The lowest BCUT2D eigenvalue weighted by Gasteiger charge is -2.26. The van der Waals surface area contributed by atoms with Crippen molar-refractivity contribution >= 4 is 0 Å². The SMILES string of the molecule is CCN(CC)C1CCN(CC(C#N)c2ccccc2)C1. The van der Waals surface area contributed by atoms with Gasteiger partial charge in [0.2, 0.25) is 0 Å². The van der Waals surface area contributed by atoms with Gasteiger partial charge in [0.25, 0.3) is 0 Å². The first-order valence-corrected chi connectivity index (χ1v) is 7.69. The maximum absolute atomic E-state index is 9.42. The average Bonchev–Trinajstić information content (AvgIpc) is 2.95. The zero-order valence-electron chi connectivity index (χ0n) is 12.6. The molecule has 1 aromatic carbocycles. The minimum absolute atomic E-state index is 0.00773. The van der Waals surface area contributed by atoms with Gasteiger partial charge in [0.15, 0.2) is 0 Å². The molecule has 0 N–H and O–H groups in total. The highest BCUT2D eigenvalue weighted by atomic mass is 15.2. The van der Waals surface area contributed by atoms with Gasteiger partial charge in [-0.15, -0.1) is 0 Å². The average molecular weight is 271 g/mol. The minimum Gasteiger partial charge on any atom is -0.300 e. The van der Waals surface area contributed by atoms with E-state index in [1.807, 2.05) is 18.2 Å². The van der Waals surface area contributed by atoms with Gasteiger partial charge in [-0.25, -0.2) is 0 Å². The molecule has 1 fully saturated rings. The summed E-state index contributed by atoms with van der Waals surface area (Å²) >= 11 is 0. The van der Waals surface area contributed by atoms with Crippen LogP contribution in [0.4, 0.5) is 0 Å². The second kappa shape index (κ2) is 7.42. The summed E-state index contributed by atoms with van der Waals surface area (Å²) < 4.78 is 0. The van der Waals surface area contributed by atoms with Crippen LogP contribution in [0, 0.1) is 11.3 Å². The number of rotatable bonds is 6. The predicted octanol–water partition coefficient (Wildman–Crippen LogP) is 2.71. The third-order valence-electron chi connectivity index (χ3n) is 4.37. The van der Waals surface area contributed by atoms with Crippen LogP contribution < -0.4 is 0 Å². The molecule has 0 radical (unpaired) electrons. The number of likely N-dealkylation sites (N-methyl/N-ethyl adjacent to an activating group) is 1. The Labute approximate surface area is 122 Å². The van der Waals surface area contributed by atoms with E-state index >= 15 is 0 Å². The number of nitrogens with zero attached hydrogens (tertiary/aromatic N) is 3. The molecule has 1 heterocycles. The lowest BCUT2D eigenvalue weighted by molar-refractivity contribution is 0.210. The topological polar surface area (TPSA) is 30.3 Å². The van der Waals surface area contributed by atoms with Gasteiger partial charge >= 0.3 is 0 Å². The van der Waals surface area contributed by atoms with E-state index in [0.717, 1.165) is 38.3 Å². The van der Waals surface area contributed by atoms with Crippen LogP contribution in [0.25, 0.3) is 0 Å². The monoisotopic (exact) mass is 271 g/mol. The Balaban J connectivity index is 1.93. The van der Waals surface area contributed by atoms with Crippen molar-refractivity contribution in [2.24, 2.45) is 0 Å². The Morgan fingerprint density at radius 3 is 2.60 bits per heavy atom. The van der Waals surface area contributed by atoms with E-state index in [2.05, 4.69) is 41.8 Å². The number of hydrogen-bond donors (Lipinski definition) is 0. The number of hydrogen-bond acceptors (Lipinski definition) is 3. The molecule has 0 saturated carbocycles. The number of nitriles is 1. The van der Waals surface area contributed by atoms with Gasteiger partial charge in [0, 0.05) is 19.1 Å². The van der Waals surface area contributed by atoms with Crippen molar-refractivity contribution in [1.29, 1.82) is 5.26 Å². The molecular weight excluding hydrogens is 246 g/mol. The summed E-state index contributed by atoms with van der Waals surface area (Å²) in [4.78, 5) is 4.98. The van der Waals surface area contributed by atoms with Crippen LogP contribution in [-0.2, 0) is 0 Å². The second-order valence-corrected chi connectivity index (χ2v) is 5.52. The van der Waals surface area contributed by atoms with Crippen molar-refractivity contribution < 1.29 is 0 Å². The van der Waals surface area contributed by atoms with E-state index in [0.29, 0.717) is 6.04 Å². The van der Waals surface area contributed by atoms with Crippen LogP contribution >= 0.6 is 0 Å². The highest BCUT2D eigenvalue weighted by molar-refractivity contribution is 5.25. The maximum Gasteiger partial charge on any atom is 0.0839 e. The van der Waals surface area contributed by atoms with Crippen molar-refractivity contribution in [3.63, 3.8) is 0 Å². The molecular formula is C17H25N3. The molecule has 2 unspecified atom stereocenters. The van der Waals surface area contributed by atoms with Crippen molar-refractivity contribution in [3.8, 4) is 6.07 Å². The van der Waals surface area contributed by atoms with Gasteiger partial charge < -0.3 is 4.90 Å². The molecule has 3 heteroatoms. The van der Waals surface area contributed by atoms with Gasteiger partial charge in [-0.3, -0.25) is 4.90 Å². The molecule has 1 aromatic rings. The molecule has 1 aliphatic heterocycles. The fourth-order valence-electron chi connectivity index (χ4n) is 3.18. The summed E-state index contributed by atoms with van der Waals surface area (Å²) in [6.07, 6.45) is 1.23. The molecule has 2 atom stereocenters. The van der Waals surface area contributed by atoms with Crippen LogP contribution in [0.2, 0.25) is 0 Å². The van der Waals surface area contributed by atoms with Crippen molar-refractivity contribution in [1.82, 2.24) is 9.80 Å². The first-order chi connectivity index (χ1) is 9.78. The fraction of sp³-hybridized carbons (Fsp3) is 0.588. The molecule has 0 amide bonds. The first kappa shape index (κ1) is 15.0. The molecule has 108 valence electrons. The molecule has 0 bridgehead atoms. The maximum atomic E-state index is 9.42. The second-order valence-electron chi connectivity index (χ2n) is 5.52. The third kappa shape index (κ3) is 3.59. The highest BCUT2D eigenvalue weighted by Gasteiger charge is 2.27. The van der Waals surface area contributed by atoms with E-state index in [1.54, 1.807) is 0 Å². The van der Waals surface area contributed by atoms with Gasteiger partial charge in [0.05, 0.1) is 12.0 Å². The molecule has 0 aliphatic carbocycles. The van der Waals surface area contributed by atoms with Crippen molar-refractivity contribution in [2.75, 3.05) is 32.7 Å². The Kier molecular flexibility index (Phi) is 5.58. The summed E-state index contributed by atoms with van der Waals surface area (Å²) in [6.45, 7) is 9.78. The van der Waals surface area contributed by atoms with E-state index in [4.69, 9.17) is 0 Å². The number of benzene rings is 1. The molecule has 3 nitrogen and oxygen atoms in total. The van der Waals surface area contributed by atoms with Crippen LogP contribution in [0.15, 0.2) is 30.3 Å². The van der Waals surface area contributed by atoms with Gasteiger partial charge in [-0.2, -0.15) is 5.26 Å². The Hall–Kier alpha value is -1.37. The molecule has 2 rings (SSSR count). The van der Waals surface area contributed by atoms with Crippen LogP contribution in [-0.4, -0.2) is 48.6 Å². The van der Waals surface area contributed by atoms with E-state index in [-0.39, 0.29) is 5.92 Å². The van der Waals surface area contributed by atoms with E-state index < -0.39 is 0 Å². The summed E-state index contributed by atoms with van der Waals surface area (Å²) in [5.74, 6) is -0.00773. The predicted molar refractivity (Wildman–Crippen MR) is 82.6 cm³/mol. The fourth-order valence-corrected chi connectivity index (χ4v) is 3.18. The molecule has 1 saturated heterocycles. The lowest BCUT2D eigenvalue weighted by Crippen LogP contribution is -2.37. The standard InChI is InChI=1S/C17H25N3/c1-3-20(4-2)17-10-11-19(14-17)13-16(12-18)15-8-6-5-7-9-15/h5-9,16-17H,3-4,10-11,13-14H2,1-2H3. The van der Waals surface area contributed by atoms with Crippen LogP contribution in [0.5, 0.6) is 0 Å². The molecule has 20 heavy (non-hydrogen) atoms. The van der Waals surface area contributed by atoms with E-state index in [1.165, 1.54) is 6.42 Å². The summed E-state index contributed by atoms with van der Waals surface area (Å²) in [6, 6.07) is 13.3. The minimum atomic E-state index is -0.00773.